The van der Waals surface area contributed by atoms with Gasteiger partial charge in [-0.3, -0.25) is 0 Å². The molecule has 0 aliphatic carbocycles. The Balaban J connectivity index is 1.45. The summed E-state index contributed by atoms with van der Waals surface area (Å²) in [5.74, 6) is 2.93. The second-order valence-corrected chi connectivity index (χ2v) is 12.4. The summed E-state index contributed by atoms with van der Waals surface area (Å²) in [4.78, 5) is 0. The molecule has 5 rings (SSSR count). The van der Waals surface area contributed by atoms with Crippen LogP contribution in [0.2, 0.25) is 0 Å². The molecule has 1 aliphatic rings. The van der Waals surface area contributed by atoms with Crippen molar-refractivity contribution in [2.75, 3.05) is 48.3 Å². The highest BCUT2D eigenvalue weighted by atomic mass is 16.7. The molecule has 1 saturated heterocycles. The number of hydrogen-bond donors (Lipinski definition) is 2. The third-order valence-electron chi connectivity index (χ3n) is 8.77. The van der Waals surface area contributed by atoms with E-state index in [4.69, 9.17) is 47.4 Å². The first-order valence-corrected chi connectivity index (χ1v) is 17.4. The second-order valence-electron chi connectivity index (χ2n) is 12.4. The van der Waals surface area contributed by atoms with E-state index in [-0.39, 0.29) is 33.0 Å². The third-order valence-corrected chi connectivity index (χ3v) is 8.77. The maximum absolute atomic E-state index is 10.3. The molecule has 2 N–H and O–H groups in total. The second kappa shape index (κ2) is 20.9. The van der Waals surface area contributed by atoms with Crippen LogP contribution in [0.4, 0.5) is 0 Å². The lowest BCUT2D eigenvalue weighted by atomic mass is 9.97. The van der Waals surface area contributed by atoms with E-state index in [1.165, 1.54) is 0 Å². The first kappa shape index (κ1) is 40.0. The summed E-state index contributed by atoms with van der Waals surface area (Å²) in [7, 11) is 6.48. The molecule has 286 valence electrons. The highest BCUT2D eigenvalue weighted by Crippen LogP contribution is 2.32. The van der Waals surface area contributed by atoms with E-state index in [0.717, 1.165) is 45.3 Å². The summed E-state index contributed by atoms with van der Waals surface area (Å²) < 4.78 is 60.3. The van der Waals surface area contributed by atoms with Crippen molar-refractivity contribution in [1.82, 2.24) is 0 Å². The monoisotopic (exact) mass is 734 g/mol. The molecule has 6 atom stereocenters. The number of hydrogen-bond acceptors (Lipinski definition) is 12. The topological polar surface area (TPSA) is 133 Å². The average molecular weight is 735 g/mol. The van der Waals surface area contributed by atoms with Crippen LogP contribution in [-0.2, 0) is 54.8 Å². The van der Waals surface area contributed by atoms with Gasteiger partial charge in [-0.05, 0) is 70.8 Å². The molecule has 0 saturated carbocycles. The van der Waals surface area contributed by atoms with Gasteiger partial charge in [0.2, 0.25) is 0 Å². The predicted octanol–water partition coefficient (Wildman–Crippen LogP) is 5.09. The Labute approximate surface area is 311 Å². The van der Waals surface area contributed by atoms with Crippen LogP contribution in [0.25, 0.3) is 0 Å². The summed E-state index contributed by atoms with van der Waals surface area (Å²) in [5, 5.41) is 19.9. The molecule has 12 nitrogen and oxygen atoms in total. The van der Waals surface area contributed by atoms with Gasteiger partial charge >= 0.3 is 0 Å². The zero-order valence-corrected chi connectivity index (χ0v) is 30.6. The Morgan fingerprint density at radius 2 is 0.887 bits per heavy atom. The van der Waals surface area contributed by atoms with Crippen LogP contribution < -0.4 is 18.9 Å². The minimum atomic E-state index is -1.13. The number of benzene rings is 4. The molecule has 4 aromatic rings. The molecule has 1 aliphatic heterocycles. The van der Waals surface area contributed by atoms with Gasteiger partial charge in [0.25, 0.3) is 0 Å². The highest BCUT2D eigenvalue weighted by molar-refractivity contribution is 5.29. The van der Waals surface area contributed by atoms with Crippen LogP contribution in [0, 0.1) is 0 Å². The van der Waals surface area contributed by atoms with Crippen LogP contribution in [0.5, 0.6) is 23.0 Å². The van der Waals surface area contributed by atoms with Crippen molar-refractivity contribution in [2.45, 2.75) is 63.2 Å². The Bertz CT molecular complexity index is 1600. The van der Waals surface area contributed by atoms with Gasteiger partial charge in [0.05, 0.1) is 74.7 Å². The zero-order chi connectivity index (χ0) is 37.4. The van der Waals surface area contributed by atoms with Crippen LogP contribution in [0.3, 0.4) is 0 Å². The number of aliphatic hydroxyl groups is 2. The number of ether oxygens (including phenoxy) is 10. The smallest absolute Gasteiger partial charge is 0.187 e. The van der Waals surface area contributed by atoms with Crippen molar-refractivity contribution in [3.63, 3.8) is 0 Å². The molecule has 1 fully saturated rings. The summed E-state index contributed by atoms with van der Waals surface area (Å²) in [6.07, 6.45) is -5.12. The van der Waals surface area contributed by atoms with E-state index < -0.39 is 43.4 Å². The van der Waals surface area contributed by atoms with E-state index in [9.17, 15) is 10.2 Å². The standard InChI is InChI=1S/C41H50O12/c1-44-33-13-5-28(6-14-33)22-48-27-37-38(49-23-29-7-15-34(45-2)16-8-29)39(50-24-30-9-17-35(46-3)18-10-30)40(41(53-37)52-26-32(43)21-42)51-25-31-11-19-36(47-4)20-12-31/h5-20,32,37-43H,21-27H2,1-4H3/t32-,37-,38-,39+,40-,41-/m1/s1. The fraction of sp³-hybridized carbons (Fsp3) is 0.415. The molecule has 4 aromatic carbocycles. The van der Waals surface area contributed by atoms with Gasteiger partial charge in [0.15, 0.2) is 6.29 Å². The summed E-state index contributed by atoms with van der Waals surface area (Å²) in [6.45, 7) is 0.371. The van der Waals surface area contributed by atoms with Crippen molar-refractivity contribution in [2.24, 2.45) is 0 Å². The van der Waals surface area contributed by atoms with Crippen LogP contribution in [0.1, 0.15) is 22.3 Å². The van der Waals surface area contributed by atoms with Gasteiger partial charge < -0.3 is 57.6 Å². The zero-order valence-electron chi connectivity index (χ0n) is 30.6. The van der Waals surface area contributed by atoms with E-state index in [2.05, 4.69) is 0 Å². The molecule has 0 bridgehead atoms. The largest absolute Gasteiger partial charge is 0.497 e. The molecule has 0 radical (unpaired) electrons. The minimum Gasteiger partial charge on any atom is -0.497 e. The molecule has 12 heteroatoms. The first-order valence-electron chi connectivity index (χ1n) is 17.4. The maximum atomic E-state index is 10.3. The molecular weight excluding hydrogens is 684 g/mol. The van der Waals surface area contributed by atoms with Gasteiger partial charge in [0, 0.05) is 0 Å². The maximum Gasteiger partial charge on any atom is 0.187 e. The lowest BCUT2D eigenvalue weighted by Crippen LogP contribution is -2.62. The van der Waals surface area contributed by atoms with Gasteiger partial charge in [-0.25, -0.2) is 0 Å². The molecule has 0 spiro atoms. The summed E-state index contributed by atoms with van der Waals surface area (Å²) in [6, 6.07) is 30.4. The van der Waals surface area contributed by atoms with Crippen molar-refractivity contribution >= 4 is 0 Å². The molecule has 0 aromatic heterocycles. The van der Waals surface area contributed by atoms with Gasteiger partial charge in [0.1, 0.15) is 53.5 Å². The Morgan fingerprint density at radius 1 is 0.509 bits per heavy atom. The van der Waals surface area contributed by atoms with Crippen molar-refractivity contribution in [3.8, 4) is 23.0 Å². The minimum absolute atomic E-state index is 0.120. The lowest BCUT2D eigenvalue weighted by Gasteiger charge is -2.46. The number of methoxy groups -OCH3 is 4. The van der Waals surface area contributed by atoms with Crippen molar-refractivity contribution in [3.05, 3.63) is 119 Å². The van der Waals surface area contributed by atoms with Gasteiger partial charge in [-0.15, -0.1) is 0 Å². The Kier molecular flexibility index (Phi) is 15.7. The molecule has 0 amide bonds. The molecular formula is C41H50O12. The lowest BCUT2D eigenvalue weighted by molar-refractivity contribution is -0.331. The molecule has 53 heavy (non-hydrogen) atoms. The number of rotatable bonds is 21. The Morgan fingerprint density at radius 3 is 1.28 bits per heavy atom. The van der Waals surface area contributed by atoms with E-state index in [0.29, 0.717) is 6.61 Å². The summed E-state index contributed by atoms with van der Waals surface area (Å²) in [5.41, 5.74) is 3.65. The van der Waals surface area contributed by atoms with Gasteiger partial charge in [-0.1, -0.05) is 48.5 Å². The van der Waals surface area contributed by atoms with Crippen LogP contribution in [-0.4, -0.2) is 95.3 Å². The summed E-state index contributed by atoms with van der Waals surface area (Å²) >= 11 is 0. The Hall–Kier alpha value is -4.24. The quantitative estimate of drug-likeness (QED) is 0.118. The van der Waals surface area contributed by atoms with E-state index in [1.807, 2.05) is 97.1 Å². The SMILES string of the molecule is COc1ccc(COC[C@H]2O[C@@H](OC[C@H](O)CO)[C@H](OCc3ccc(OC)cc3)[C@@H](OCc3ccc(OC)cc3)[C@@H]2OCc2ccc(OC)cc2)cc1. The number of aliphatic hydroxyl groups excluding tert-OH is 2. The van der Waals surface area contributed by atoms with Crippen LogP contribution in [0.15, 0.2) is 97.1 Å². The fourth-order valence-electron chi connectivity index (χ4n) is 5.73. The van der Waals surface area contributed by atoms with Crippen molar-refractivity contribution in [1.29, 1.82) is 0 Å². The van der Waals surface area contributed by atoms with Crippen LogP contribution >= 0.6 is 0 Å². The average Bonchev–Trinajstić information content (AvgIpc) is 3.21. The fourth-order valence-corrected chi connectivity index (χ4v) is 5.73. The molecule has 0 unspecified atom stereocenters. The first-order chi connectivity index (χ1) is 25.9. The third kappa shape index (κ3) is 11.9. The predicted molar refractivity (Wildman–Crippen MR) is 195 cm³/mol. The highest BCUT2D eigenvalue weighted by Gasteiger charge is 2.49. The normalized spacial score (nSPS) is 20.5. The van der Waals surface area contributed by atoms with E-state index >= 15 is 0 Å². The molecule has 1 heterocycles. The van der Waals surface area contributed by atoms with E-state index in [1.54, 1.807) is 28.4 Å². The van der Waals surface area contributed by atoms with Crippen molar-refractivity contribution < 1.29 is 57.6 Å². The van der Waals surface area contributed by atoms with Gasteiger partial charge in [-0.2, -0.15) is 0 Å².